The molecule has 1 nitrogen and oxygen atoms in total. The molecular formula is C18H20Cl2O. The highest BCUT2D eigenvalue weighted by Crippen LogP contribution is 2.52. The van der Waals surface area contributed by atoms with Crippen LogP contribution in [0.15, 0.2) is 54.6 Å². The van der Waals surface area contributed by atoms with Crippen LogP contribution in [0.25, 0.3) is 0 Å². The van der Waals surface area contributed by atoms with Crippen molar-refractivity contribution in [1.29, 1.82) is 0 Å². The topological polar surface area (TPSA) is 12.5 Å². The normalized spacial score (nSPS) is 20.4. The Bertz CT molecular complexity index is 566. The zero-order chi connectivity index (χ0) is 15.5. The van der Waals surface area contributed by atoms with Crippen molar-refractivity contribution in [3.05, 3.63) is 70.2 Å². The third-order valence-corrected chi connectivity index (χ3v) is 4.19. The van der Waals surface area contributed by atoms with E-state index in [1.807, 2.05) is 42.5 Å². The highest BCUT2D eigenvalue weighted by Gasteiger charge is 2.55. The van der Waals surface area contributed by atoms with Crippen LogP contribution in [0.3, 0.4) is 0 Å². The quantitative estimate of drug-likeness (QED) is 0.591. The van der Waals surface area contributed by atoms with Crippen molar-refractivity contribution < 1.29 is 4.74 Å². The maximum absolute atomic E-state index is 5.86. The van der Waals surface area contributed by atoms with E-state index in [9.17, 15) is 0 Å². The molecule has 0 amide bonds. The fourth-order valence-corrected chi connectivity index (χ4v) is 2.51. The summed E-state index contributed by atoms with van der Waals surface area (Å²) in [6.45, 7) is 7.43. The average molecular weight is 323 g/mol. The number of halogens is 2. The van der Waals surface area contributed by atoms with Gasteiger partial charge in [-0.3, -0.25) is 0 Å². The molecule has 1 unspecified atom stereocenters. The number of hydrogen-bond acceptors (Lipinski definition) is 1. The SMILES string of the molecule is CC(C)(C)C1(c2ccc(Cl)cc2)CO1.Clc1ccccc1. The Balaban J connectivity index is 0.000000194. The van der Waals surface area contributed by atoms with E-state index < -0.39 is 0 Å². The Morgan fingerprint density at radius 1 is 0.857 bits per heavy atom. The molecule has 0 N–H and O–H groups in total. The lowest BCUT2D eigenvalue weighted by Crippen LogP contribution is -2.27. The summed E-state index contributed by atoms with van der Waals surface area (Å²) in [5.41, 5.74) is 1.28. The van der Waals surface area contributed by atoms with Crippen LogP contribution < -0.4 is 0 Å². The molecule has 2 aromatic rings. The summed E-state index contributed by atoms with van der Waals surface area (Å²) in [4.78, 5) is 0. The van der Waals surface area contributed by atoms with Gasteiger partial charge in [-0.15, -0.1) is 0 Å². The minimum absolute atomic E-state index is 0.0857. The number of epoxide rings is 1. The van der Waals surface area contributed by atoms with Crippen LogP contribution in [0.1, 0.15) is 26.3 Å². The maximum atomic E-state index is 5.86. The lowest BCUT2D eigenvalue weighted by molar-refractivity contribution is 0.155. The molecule has 0 aliphatic carbocycles. The molecule has 1 aliphatic rings. The smallest absolute Gasteiger partial charge is 0.121 e. The first-order valence-electron chi connectivity index (χ1n) is 6.96. The molecule has 1 atom stereocenters. The summed E-state index contributed by atoms with van der Waals surface area (Å²) in [5.74, 6) is 0. The van der Waals surface area contributed by atoms with Gasteiger partial charge in [-0.2, -0.15) is 0 Å². The molecule has 1 heterocycles. The monoisotopic (exact) mass is 322 g/mol. The summed E-state index contributed by atoms with van der Waals surface area (Å²) >= 11 is 11.4. The molecule has 0 spiro atoms. The maximum Gasteiger partial charge on any atom is 0.121 e. The van der Waals surface area contributed by atoms with Gasteiger partial charge in [0, 0.05) is 10.0 Å². The van der Waals surface area contributed by atoms with Crippen molar-refractivity contribution in [3.63, 3.8) is 0 Å². The van der Waals surface area contributed by atoms with E-state index >= 15 is 0 Å². The van der Waals surface area contributed by atoms with Crippen LogP contribution in [0.5, 0.6) is 0 Å². The zero-order valence-corrected chi connectivity index (χ0v) is 14.1. The molecule has 3 rings (SSSR count). The van der Waals surface area contributed by atoms with E-state index in [0.717, 1.165) is 16.7 Å². The highest BCUT2D eigenvalue weighted by molar-refractivity contribution is 6.30. The molecule has 0 bridgehead atoms. The van der Waals surface area contributed by atoms with E-state index in [2.05, 4.69) is 32.9 Å². The molecule has 3 heteroatoms. The van der Waals surface area contributed by atoms with Crippen molar-refractivity contribution in [1.82, 2.24) is 0 Å². The van der Waals surface area contributed by atoms with Gasteiger partial charge in [0.15, 0.2) is 0 Å². The molecule has 0 radical (unpaired) electrons. The Morgan fingerprint density at radius 2 is 1.33 bits per heavy atom. The molecule has 112 valence electrons. The minimum Gasteiger partial charge on any atom is -0.364 e. The summed E-state index contributed by atoms with van der Waals surface area (Å²) in [5, 5.41) is 1.57. The molecule has 21 heavy (non-hydrogen) atoms. The molecule has 1 fully saturated rings. The number of rotatable bonds is 1. The number of benzene rings is 2. The molecule has 1 saturated heterocycles. The Labute approximate surface area is 136 Å². The molecule has 2 aromatic carbocycles. The van der Waals surface area contributed by atoms with Crippen molar-refractivity contribution in [2.24, 2.45) is 5.41 Å². The molecule has 0 aromatic heterocycles. The molecule has 1 aliphatic heterocycles. The Kier molecular flexibility index (Phi) is 4.98. The second-order valence-electron chi connectivity index (χ2n) is 6.17. The predicted molar refractivity (Wildman–Crippen MR) is 90.0 cm³/mol. The van der Waals surface area contributed by atoms with Gasteiger partial charge in [0.25, 0.3) is 0 Å². The van der Waals surface area contributed by atoms with Crippen molar-refractivity contribution in [3.8, 4) is 0 Å². The fourth-order valence-electron chi connectivity index (χ4n) is 2.24. The van der Waals surface area contributed by atoms with Gasteiger partial charge >= 0.3 is 0 Å². The van der Waals surface area contributed by atoms with Gasteiger partial charge in [-0.25, -0.2) is 0 Å². The van der Waals surface area contributed by atoms with Gasteiger partial charge in [-0.1, -0.05) is 74.3 Å². The predicted octanol–water partition coefficient (Wildman–Crippen LogP) is 5.95. The number of ether oxygens (including phenoxy) is 1. The van der Waals surface area contributed by atoms with Crippen LogP contribution in [-0.4, -0.2) is 6.61 Å². The summed E-state index contributed by atoms with van der Waals surface area (Å²) < 4.78 is 5.64. The van der Waals surface area contributed by atoms with Crippen molar-refractivity contribution >= 4 is 23.2 Å². The van der Waals surface area contributed by atoms with Gasteiger partial charge in [0.05, 0.1) is 6.61 Å². The lowest BCUT2D eigenvalue weighted by atomic mass is 9.76. The summed E-state index contributed by atoms with van der Waals surface area (Å²) in [6, 6.07) is 17.4. The lowest BCUT2D eigenvalue weighted by Gasteiger charge is -2.27. The third kappa shape index (κ3) is 4.00. The van der Waals surface area contributed by atoms with Crippen LogP contribution >= 0.6 is 23.2 Å². The second kappa shape index (κ2) is 6.39. The van der Waals surface area contributed by atoms with Crippen LogP contribution in [0.4, 0.5) is 0 Å². The Hall–Kier alpha value is -1.02. The van der Waals surface area contributed by atoms with Gasteiger partial charge in [0.2, 0.25) is 0 Å². The van der Waals surface area contributed by atoms with Crippen LogP contribution in [0.2, 0.25) is 10.0 Å². The fraction of sp³-hybridized carbons (Fsp3) is 0.333. The largest absolute Gasteiger partial charge is 0.364 e. The van der Waals surface area contributed by atoms with Gasteiger partial charge in [-0.05, 0) is 35.2 Å². The first-order valence-corrected chi connectivity index (χ1v) is 7.71. The summed E-state index contributed by atoms with van der Waals surface area (Å²) in [7, 11) is 0. The average Bonchev–Trinajstić information content (AvgIpc) is 3.22. The van der Waals surface area contributed by atoms with E-state index in [1.54, 1.807) is 0 Å². The van der Waals surface area contributed by atoms with Crippen LogP contribution in [0, 0.1) is 5.41 Å². The van der Waals surface area contributed by atoms with Crippen molar-refractivity contribution in [2.75, 3.05) is 6.61 Å². The standard InChI is InChI=1S/C12H15ClO.C6H5Cl/c1-11(2,3)12(8-14-12)9-4-6-10(13)7-5-9;7-6-4-2-1-3-5-6/h4-7H,8H2,1-3H3;1-5H. The molecule has 0 saturated carbocycles. The Morgan fingerprint density at radius 3 is 1.67 bits per heavy atom. The zero-order valence-electron chi connectivity index (χ0n) is 12.6. The third-order valence-electron chi connectivity index (χ3n) is 3.69. The number of hydrogen-bond donors (Lipinski definition) is 0. The van der Waals surface area contributed by atoms with Gasteiger partial charge in [0.1, 0.15) is 5.60 Å². The minimum atomic E-state index is -0.0857. The van der Waals surface area contributed by atoms with Gasteiger partial charge < -0.3 is 4.74 Å². The highest BCUT2D eigenvalue weighted by atomic mass is 35.5. The second-order valence-corrected chi connectivity index (χ2v) is 7.04. The van der Waals surface area contributed by atoms with E-state index in [4.69, 9.17) is 27.9 Å². The van der Waals surface area contributed by atoms with E-state index in [-0.39, 0.29) is 11.0 Å². The first kappa shape index (κ1) is 16.4. The van der Waals surface area contributed by atoms with Crippen molar-refractivity contribution in [2.45, 2.75) is 26.4 Å². The van der Waals surface area contributed by atoms with Crippen LogP contribution in [-0.2, 0) is 10.3 Å². The van der Waals surface area contributed by atoms with E-state index in [0.29, 0.717) is 0 Å². The summed E-state index contributed by atoms with van der Waals surface area (Å²) in [6.07, 6.45) is 0. The first-order chi connectivity index (χ1) is 9.85. The molecular weight excluding hydrogens is 303 g/mol. The van der Waals surface area contributed by atoms with E-state index in [1.165, 1.54) is 5.56 Å².